The molecule has 0 aliphatic heterocycles. The van der Waals surface area contributed by atoms with Crippen LogP contribution in [0.1, 0.15) is 61.4 Å². The van der Waals surface area contributed by atoms with E-state index in [4.69, 9.17) is 0 Å². The highest BCUT2D eigenvalue weighted by atomic mass is 14.1. The molecule has 0 N–H and O–H groups in total. The number of benzene rings is 1. The van der Waals surface area contributed by atoms with Crippen molar-refractivity contribution in [1.82, 2.24) is 0 Å². The maximum Gasteiger partial charge on any atom is -0.0115 e. The molecule has 0 amide bonds. The normalized spacial score (nSPS) is 10.1. The van der Waals surface area contributed by atoms with Gasteiger partial charge in [0.2, 0.25) is 0 Å². The van der Waals surface area contributed by atoms with Gasteiger partial charge in [0.1, 0.15) is 0 Å². The molecule has 2 aromatic rings. The lowest BCUT2D eigenvalue weighted by atomic mass is 9.98. The second-order valence-corrected chi connectivity index (χ2v) is 9.30. The minimum absolute atomic E-state index is 0.401. The van der Waals surface area contributed by atoms with E-state index in [0.29, 0.717) is 5.92 Å². The third kappa shape index (κ3) is 8.41. The van der Waals surface area contributed by atoms with Crippen LogP contribution in [0.4, 0.5) is 0 Å². The van der Waals surface area contributed by atoms with Gasteiger partial charge in [-0.05, 0) is 76.4 Å². The van der Waals surface area contributed by atoms with Crippen LogP contribution in [0.15, 0.2) is 91.0 Å². The summed E-state index contributed by atoms with van der Waals surface area (Å²) in [5.41, 5.74) is 8.73. The molecule has 0 bridgehead atoms. The summed E-state index contributed by atoms with van der Waals surface area (Å²) in [6.07, 6.45) is 1.95. The van der Waals surface area contributed by atoms with E-state index in [-0.39, 0.29) is 0 Å². The third-order valence-corrected chi connectivity index (χ3v) is 6.30. The lowest BCUT2D eigenvalue weighted by Crippen LogP contribution is -2.05. The van der Waals surface area contributed by atoms with E-state index in [1.807, 2.05) is 0 Å². The van der Waals surface area contributed by atoms with Gasteiger partial charge in [-0.1, -0.05) is 137 Å². The summed E-state index contributed by atoms with van der Waals surface area (Å²) in [5.74, 6) is 0.401. The molecule has 0 unspecified atom stereocenters. The van der Waals surface area contributed by atoms with Crippen molar-refractivity contribution < 1.29 is 0 Å². The molecule has 0 radical (unpaired) electrons. The molecule has 0 atom stereocenters. The summed E-state index contributed by atoms with van der Waals surface area (Å²) in [7, 11) is 0. The molecule has 0 heterocycles. The van der Waals surface area contributed by atoms with Gasteiger partial charge in [-0.2, -0.15) is 0 Å². The lowest BCUT2D eigenvalue weighted by Gasteiger charge is -2.07. The van der Waals surface area contributed by atoms with Gasteiger partial charge < -0.3 is 0 Å². The second-order valence-electron chi connectivity index (χ2n) is 9.30. The predicted molar refractivity (Wildman–Crippen MR) is 157 cm³/mol. The zero-order chi connectivity index (χ0) is 25.8. The first-order valence-electron chi connectivity index (χ1n) is 12.7. The molecule has 0 fully saturated rings. The van der Waals surface area contributed by atoms with Crippen LogP contribution in [0.2, 0.25) is 0 Å². The molecular weight excluding hydrogens is 420 g/mol. The first-order valence-corrected chi connectivity index (χ1v) is 12.7. The molecule has 0 spiro atoms. The van der Waals surface area contributed by atoms with Gasteiger partial charge in [0.05, 0.1) is 0 Å². The zero-order valence-corrected chi connectivity index (χ0v) is 22.6. The molecule has 182 valence electrons. The zero-order valence-electron chi connectivity index (χ0n) is 22.6. The van der Waals surface area contributed by atoms with Crippen LogP contribution in [0, 0.1) is 13.8 Å². The highest BCUT2D eigenvalue weighted by Gasteiger charge is 2.02. The predicted octanol–water partition coefficient (Wildman–Crippen LogP) is 8.41. The fraction of sp³-hybridized carbons (Fsp3) is 0.257. The van der Waals surface area contributed by atoms with Gasteiger partial charge in [0, 0.05) is 0 Å². The van der Waals surface area contributed by atoms with Gasteiger partial charge >= 0.3 is 0 Å². The van der Waals surface area contributed by atoms with Crippen LogP contribution in [0.25, 0.3) is 24.3 Å². The van der Waals surface area contributed by atoms with Crippen molar-refractivity contribution in [1.29, 1.82) is 0 Å². The molecule has 0 saturated heterocycles. The average molecular weight is 463 g/mol. The fourth-order valence-corrected chi connectivity index (χ4v) is 4.09. The maximum atomic E-state index is 4.41. The topological polar surface area (TPSA) is 0 Å². The number of hydrogen-bond donors (Lipinski definition) is 0. The molecule has 0 aliphatic carbocycles. The van der Waals surface area contributed by atoms with E-state index in [0.717, 1.165) is 28.8 Å². The summed E-state index contributed by atoms with van der Waals surface area (Å²) in [6.45, 7) is 21.9. The van der Waals surface area contributed by atoms with Crippen LogP contribution in [0.3, 0.4) is 0 Å². The Morgan fingerprint density at radius 2 is 1.17 bits per heavy atom. The number of rotatable bonds is 4. The van der Waals surface area contributed by atoms with E-state index in [1.165, 1.54) is 33.4 Å². The molecule has 0 aliphatic rings. The van der Waals surface area contributed by atoms with Crippen molar-refractivity contribution in [2.24, 2.45) is 0 Å². The van der Waals surface area contributed by atoms with Crippen molar-refractivity contribution in [2.45, 2.75) is 60.3 Å². The van der Waals surface area contributed by atoms with Crippen LogP contribution < -0.4 is 10.4 Å². The Morgan fingerprint density at radius 1 is 0.571 bits per heavy atom. The molecule has 35 heavy (non-hydrogen) atoms. The first-order chi connectivity index (χ1) is 16.8. The Balaban J connectivity index is 2.95. The van der Waals surface area contributed by atoms with E-state index >= 15 is 0 Å². The summed E-state index contributed by atoms with van der Waals surface area (Å²) >= 11 is 0. The quantitative estimate of drug-likeness (QED) is 0.428. The molecule has 2 aromatic carbocycles. The van der Waals surface area contributed by atoms with Crippen molar-refractivity contribution >= 4 is 13.2 Å². The highest BCUT2D eigenvalue weighted by molar-refractivity contribution is 5.67. The average Bonchev–Trinajstić information content (AvgIpc) is 2.84. The van der Waals surface area contributed by atoms with Gasteiger partial charge in [0.25, 0.3) is 0 Å². The molecule has 0 heteroatoms. The minimum atomic E-state index is 0.401. The SMILES string of the molecule is C=c1ccccc(C)ccc(C(C)C)c(=C)ccc(C)c(CC)cccc1-c1ccccc1CC. The van der Waals surface area contributed by atoms with Crippen molar-refractivity contribution in [3.05, 3.63) is 129 Å². The summed E-state index contributed by atoms with van der Waals surface area (Å²) in [5, 5.41) is 2.06. The Bertz CT molecular complexity index is 1290. The van der Waals surface area contributed by atoms with Crippen LogP contribution in [-0.2, 0) is 12.8 Å². The monoisotopic (exact) mass is 462 g/mol. The minimum Gasteiger partial charge on any atom is -0.0915 e. The summed E-state index contributed by atoms with van der Waals surface area (Å²) in [6, 6.07) is 32.3. The molecule has 2 rings (SSSR count). The smallest absolute Gasteiger partial charge is 0.0115 e. The van der Waals surface area contributed by atoms with Gasteiger partial charge in [-0.15, -0.1) is 0 Å². The Hall–Kier alpha value is -3.38. The largest absolute Gasteiger partial charge is 0.0915 e. The van der Waals surface area contributed by atoms with Gasteiger partial charge in [0.15, 0.2) is 0 Å². The third-order valence-electron chi connectivity index (χ3n) is 6.30. The molecule has 0 nitrogen and oxygen atoms in total. The Kier molecular flexibility index (Phi) is 11.2. The van der Waals surface area contributed by atoms with E-state index in [1.54, 1.807) is 0 Å². The summed E-state index contributed by atoms with van der Waals surface area (Å²) in [4.78, 5) is 0. The van der Waals surface area contributed by atoms with Crippen LogP contribution >= 0.6 is 0 Å². The molecule has 0 saturated carbocycles. The van der Waals surface area contributed by atoms with Crippen molar-refractivity contribution in [3.8, 4) is 11.1 Å². The number of hydrogen-bond acceptors (Lipinski definition) is 0. The lowest BCUT2D eigenvalue weighted by molar-refractivity contribution is 0.860. The standard InChI is InChI=1S/C35H42/c1-9-31-19-15-21-34(35-20-14-13-18-32(35)10-2)29(7)17-12-11-16-27(5)22-25-33(26(3)4)30(8)24-23-28(31)6/h11-26H,7-10H2,1-6H3. The second kappa shape index (κ2) is 14.1. The first kappa shape index (κ1) is 27.9. The van der Waals surface area contributed by atoms with Gasteiger partial charge in [-0.25, -0.2) is 0 Å². The van der Waals surface area contributed by atoms with E-state index in [2.05, 4.69) is 146 Å². The Morgan fingerprint density at radius 3 is 1.86 bits per heavy atom. The van der Waals surface area contributed by atoms with Crippen molar-refractivity contribution in [3.63, 3.8) is 0 Å². The number of aryl methyl sites for hydroxylation is 4. The van der Waals surface area contributed by atoms with E-state index in [9.17, 15) is 0 Å². The summed E-state index contributed by atoms with van der Waals surface area (Å²) < 4.78 is 0. The molecule has 0 aromatic heterocycles. The molecular formula is C35H42. The van der Waals surface area contributed by atoms with E-state index < -0.39 is 0 Å². The van der Waals surface area contributed by atoms with Crippen LogP contribution in [-0.4, -0.2) is 0 Å². The van der Waals surface area contributed by atoms with Gasteiger partial charge in [-0.3, -0.25) is 0 Å². The fourth-order valence-electron chi connectivity index (χ4n) is 4.09. The Labute approximate surface area is 213 Å². The highest BCUT2D eigenvalue weighted by Crippen LogP contribution is 2.20. The van der Waals surface area contributed by atoms with Crippen molar-refractivity contribution in [2.75, 3.05) is 0 Å². The maximum absolute atomic E-state index is 4.41. The van der Waals surface area contributed by atoms with Crippen LogP contribution in [0.5, 0.6) is 0 Å².